The van der Waals surface area contributed by atoms with Crippen LogP contribution in [0.2, 0.25) is 0 Å². The van der Waals surface area contributed by atoms with Crippen LogP contribution < -0.4 is 14.8 Å². The maximum absolute atomic E-state index is 15.1. The van der Waals surface area contributed by atoms with Gasteiger partial charge in [0, 0.05) is 50.3 Å². The molecule has 6 rings (SSSR count). The van der Waals surface area contributed by atoms with Crippen molar-refractivity contribution in [3.63, 3.8) is 0 Å². The lowest BCUT2D eigenvalue weighted by Crippen LogP contribution is -2.70. The zero-order valence-electron chi connectivity index (χ0n) is 35.6. The lowest BCUT2D eigenvalue weighted by molar-refractivity contribution is -0.251. The third-order valence-corrected chi connectivity index (χ3v) is 14.1. The molecule has 1 saturated carbocycles. The average Bonchev–Trinajstić information content (AvgIpc) is 3.22. The summed E-state index contributed by atoms with van der Waals surface area (Å²) in [5.74, 6) is -0.662. The number of aryl methyl sites for hydroxylation is 2. The molecule has 3 aromatic carbocycles. The highest BCUT2D eigenvalue weighted by Crippen LogP contribution is 2.62. The number of nitrogens with zero attached hydrogens (tertiary/aromatic N) is 2. The molecule has 3 aliphatic rings. The van der Waals surface area contributed by atoms with Gasteiger partial charge in [-0.25, -0.2) is 8.42 Å². The van der Waals surface area contributed by atoms with E-state index in [1.54, 1.807) is 18.2 Å². The Morgan fingerprint density at radius 2 is 1.70 bits per heavy atom. The Morgan fingerprint density at radius 1 is 1.00 bits per heavy atom. The van der Waals surface area contributed by atoms with E-state index in [0.29, 0.717) is 47.9 Å². The smallest absolute Gasteiger partial charge is 0.243 e. The number of sulfonamides is 1. The van der Waals surface area contributed by atoms with E-state index >= 15 is 8.42 Å². The van der Waals surface area contributed by atoms with Crippen molar-refractivity contribution in [1.29, 1.82) is 0 Å². The Hall–Kier alpha value is -4.53. The summed E-state index contributed by atoms with van der Waals surface area (Å²) in [6.45, 7) is 11.8. The molecule has 1 aliphatic heterocycles. The fraction of sp³-hybridized carbons (Fsp3) is 0.489. The minimum absolute atomic E-state index is 0.00955. The van der Waals surface area contributed by atoms with Gasteiger partial charge in [-0.15, -0.1) is 6.58 Å². The Balaban J connectivity index is 1.59. The zero-order valence-corrected chi connectivity index (χ0v) is 36.4. The van der Waals surface area contributed by atoms with E-state index in [1.165, 1.54) is 30.5 Å². The first-order valence-electron chi connectivity index (χ1n) is 21.2. The highest BCUT2D eigenvalue weighted by molar-refractivity contribution is 7.89. The maximum atomic E-state index is 15.1. The fourth-order valence-electron chi connectivity index (χ4n) is 9.42. The molecule has 0 spiro atoms. The molecule has 1 amide bonds. The summed E-state index contributed by atoms with van der Waals surface area (Å²) in [5, 5.41) is 27.1. The number of carbonyl (C=O) groups is 1. The number of oxime groups is 1. The summed E-state index contributed by atoms with van der Waals surface area (Å²) in [4.78, 5) is 17.4. The van der Waals surface area contributed by atoms with E-state index in [2.05, 4.69) is 37.0 Å². The molecule has 60 heavy (non-hydrogen) atoms. The van der Waals surface area contributed by atoms with Gasteiger partial charge in [0.1, 0.15) is 24.4 Å². The number of aliphatic hydroxyl groups is 2. The van der Waals surface area contributed by atoms with Gasteiger partial charge < -0.3 is 34.6 Å². The van der Waals surface area contributed by atoms with Crippen LogP contribution in [0.15, 0.2) is 95.0 Å². The molecule has 3 N–H and O–H groups in total. The van der Waals surface area contributed by atoms with Crippen molar-refractivity contribution in [3.05, 3.63) is 102 Å². The number of amides is 1. The third kappa shape index (κ3) is 9.35. The van der Waals surface area contributed by atoms with Gasteiger partial charge in [0.25, 0.3) is 0 Å². The van der Waals surface area contributed by atoms with Crippen molar-refractivity contribution in [2.24, 2.45) is 22.9 Å². The van der Waals surface area contributed by atoms with Gasteiger partial charge in [-0.2, -0.15) is 4.31 Å². The van der Waals surface area contributed by atoms with Gasteiger partial charge in [0.2, 0.25) is 21.7 Å². The Morgan fingerprint density at radius 3 is 2.35 bits per heavy atom. The summed E-state index contributed by atoms with van der Waals surface area (Å²) in [6.07, 6.45) is 9.00. The number of ether oxygens (including phenoxy) is 3. The number of rotatable bonds is 20. The normalized spacial score (nSPS) is 23.9. The van der Waals surface area contributed by atoms with E-state index in [4.69, 9.17) is 19.0 Å². The van der Waals surface area contributed by atoms with Crippen LogP contribution in [-0.4, -0.2) is 79.9 Å². The molecule has 2 aliphatic carbocycles. The van der Waals surface area contributed by atoms with E-state index < -0.39 is 27.8 Å². The van der Waals surface area contributed by atoms with Crippen molar-refractivity contribution < 1.29 is 42.5 Å². The van der Waals surface area contributed by atoms with Crippen molar-refractivity contribution in [1.82, 2.24) is 4.31 Å². The number of nitrogens with one attached hydrogen (secondary N) is 1. The molecule has 1 fully saturated rings. The van der Waals surface area contributed by atoms with E-state index in [1.807, 2.05) is 43.3 Å². The molecule has 324 valence electrons. The van der Waals surface area contributed by atoms with Gasteiger partial charge in [-0.05, 0) is 129 Å². The molecule has 6 atom stereocenters. The van der Waals surface area contributed by atoms with Crippen LogP contribution in [0.3, 0.4) is 0 Å². The molecule has 0 bridgehead atoms. The molecule has 6 unspecified atom stereocenters. The number of anilines is 1. The average molecular weight is 844 g/mol. The van der Waals surface area contributed by atoms with Crippen LogP contribution in [0.25, 0.3) is 0 Å². The van der Waals surface area contributed by atoms with E-state index in [9.17, 15) is 15.0 Å². The number of benzene rings is 3. The highest BCUT2D eigenvalue weighted by Gasteiger charge is 2.66. The molecular formula is C47H61N3O9S. The number of aliphatic hydroxyl groups excluding tert-OH is 2. The molecule has 0 aromatic heterocycles. The van der Waals surface area contributed by atoms with Crippen molar-refractivity contribution >= 4 is 27.3 Å². The zero-order chi connectivity index (χ0) is 43.0. The number of fused-ring (bicyclic) bond motifs is 2. The fourth-order valence-corrected chi connectivity index (χ4v) is 11.2. The van der Waals surface area contributed by atoms with Crippen LogP contribution in [0, 0.1) is 31.6 Å². The van der Waals surface area contributed by atoms with Crippen LogP contribution in [0.5, 0.6) is 17.2 Å². The predicted molar refractivity (Wildman–Crippen MR) is 233 cm³/mol. The van der Waals surface area contributed by atoms with Crippen LogP contribution >= 0.6 is 0 Å². The Labute approximate surface area is 355 Å². The first-order chi connectivity index (χ1) is 28.9. The predicted octanol–water partition coefficient (Wildman–Crippen LogP) is 8.42. The third-order valence-electron chi connectivity index (χ3n) is 12.1. The Kier molecular flexibility index (Phi) is 14.9. The van der Waals surface area contributed by atoms with E-state index in [0.717, 1.165) is 47.9 Å². The number of unbranched alkanes of at least 4 members (excludes halogenated alkanes) is 2. The van der Waals surface area contributed by atoms with Gasteiger partial charge in [-0.3, -0.25) is 4.79 Å². The second-order valence-electron chi connectivity index (χ2n) is 16.1. The van der Waals surface area contributed by atoms with Gasteiger partial charge in [-0.1, -0.05) is 43.1 Å². The topological polar surface area (TPSA) is 156 Å². The largest absolute Gasteiger partial charge is 0.460 e. The molecule has 13 heteroatoms. The van der Waals surface area contributed by atoms with Crippen LogP contribution in [0.4, 0.5) is 5.69 Å². The van der Waals surface area contributed by atoms with Crippen molar-refractivity contribution in [2.45, 2.75) is 102 Å². The summed E-state index contributed by atoms with van der Waals surface area (Å²) in [7, 11) is -2.72. The summed E-state index contributed by atoms with van der Waals surface area (Å²) in [5.41, 5.74) is 5.18. The monoisotopic (exact) mass is 843 g/mol. The molecular weight excluding hydrogens is 783 g/mol. The quantitative estimate of drug-likeness (QED) is 0.0578. The lowest BCUT2D eigenvalue weighted by atomic mass is 9.55. The molecule has 1 heterocycles. The Bertz CT molecular complexity index is 2150. The SMILES string of the molecule is C=CCOC12Oc3ccc(Oc4ccc(C)c(C)c4)cc3C3C(CCCCO)C(CCCCO)C=C(C(=NOC)CC1N(CCC)S(=O)(=O)c1ccc(NC(C)=O)cc1)C32. The number of carbonyl (C=O) groups excluding carboxylic acids is 1. The van der Waals surface area contributed by atoms with Crippen molar-refractivity contribution in [2.75, 3.05) is 38.8 Å². The maximum Gasteiger partial charge on any atom is 0.243 e. The van der Waals surface area contributed by atoms with Crippen LogP contribution in [0.1, 0.15) is 87.8 Å². The van der Waals surface area contributed by atoms with Gasteiger partial charge in [0.05, 0.1) is 29.2 Å². The van der Waals surface area contributed by atoms with Crippen molar-refractivity contribution in [3.8, 4) is 17.2 Å². The van der Waals surface area contributed by atoms with E-state index in [-0.39, 0.29) is 61.3 Å². The second-order valence-corrected chi connectivity index (χ2v) is 18.0. The molecule has 3 aromatic rings. The molecule has 12 nitrogen and oxygen atoms in total. The highest BCUT2D eigenvalue weighted by atomic mass is 32.2. The number of allylic oxidation sites excluding steroid dienone is 1. The summed E-state index contributed by atoms with van der Waals surface area (Å²) in [6, 6.07) is 17.1. The second kappa shape index (κ2) is 19.9. The lowest BCUT2D eigenvalue weighted by Gasteiger charge is -2.59. The first kappa shape index (κ1) is 45.0. The van der Waals surface area contributed by atoms with Crippen LogP contribution in [-0.2, 0) is 24.4 Å². The first-order valence-corrected chi connectivity index (χ1v) is 22.6. The minimum Gasteiger partial charge on any atom is -0.460 e. The standard InChI is InChI=1S/C47H61N3O9S/c1-7-23-50(60(54,55)38-20-16-35(17-21-38)48-33(5)53)44-30-42(49-56-6)40-28-34(13-9-11-24-51)39(14-10-12-25-52)45-41-29-37(58-36-18-15-31(3)32(4)27-36)19-22-43(41)59-47(44,46(40)45)57-26-8-2/h8,15-22,27-29,34,39,44-46,51-52H,2,7,9-14,23-26,30H2,1,3-6H3,(H,48,53). The summed E-state index contributed by atoms with van der Waals surface area (Å²) < 4.78 is 52.4. The summed E-state index contributed by atoms with van der Waals surface area (Å²) >= 11 is 0. The minimum atomic E-state index is -4.22. The van der Waals surface area contributed by atoms with Gasteiger partial charge >= 0.3 is 0 Å². The number of hydrogen-bond acceptors (Lipinski definition) is 10. The number of hydrogen-bond donors (Lipinski definition) is 3. The van der Waals surface area contributed by atoms with Gasteiger partial charge in [0.15, 0.2) is 0 Å². The molecule has 0 radical (unpaired) electrons. The molecule has 0 saturated heterocycles.